The minimum absolute atomic E-state index is 0.185. The van der Waals surface area contributed by atoms with Gasteiger partial charge in [-0.05, 0) is 68.2 Å². The van der Waals surface area contributed by atoms with Crippen molar-refractivity contribution in [3.05, 3.63) is 93.3 Å². The van der Waals surface area contributed by atoms with Crippen LogP contribution in [-0.4, -0.2) is 19.3 Å². The quantitative estimate of drug-likeness (QED) is 0.377. The van der Waals surface area contributed by atoms with E-state index in [4.69, 9.17) is 4.74 Å². The Bertz CT molecular complexity index is 1380. The Morgan fingerprint density at radius 3 is 2.58 bits per heavy atom. The number of aromatic nitrogens is 4. The summed E-state index contributed by atoms with van der Waals surface area (Å²) in [5.41, 5.74) is 1.94. The van der Waals surface area contributed by atoms with Gasteiger partial charge < -0.3 is 4.74 Å². The van der Waals surface area contributed by atoms with E-state index < -0.39 is 17.3 Å². The van der Waals surface area contributed by atoms with E-state index in [-0.39, 0.29) is 12.1 Å². The molecule has 1 aliphatic rings. The lowest BCUT2D eigenvalue weighted by Gasteiger charge is -2.06. The maximum atomic E-state index is 13.9. The second kappa shape index (κ2) is 8.74. The Morgan fingerprint density at radius 2 is 1.88 bits per heavy atom. The van der Waals surface area contributed by atoms with Crippen LogP contribution in [0.15, 0.2) is 59.7 Å². The van der Waals surface area contributed by atoms with E-state index in [2.05, 4.69) is 16.2 Å². The van der Waals surface area contributed by atoms with Crippen molar-refractivity contribution in [3.8, 4) is 16.5 Å². The number of nitrogens with zero attached hydrogens (tertiary/aromatic N) is 4. The van der Waals surface area contributed by atoms with Gasteiger partial charge in [-0.15, -0.1) is 0 Å². The predicted molar refractivity (Wildman–Crippen MR) is 122 cm³/mol. The van der Waals surface area contributed by atoms with Gasteiger partial charge in [0.25, 0.3) is 0 Å². The Morgan fingerprint density at radius 1 is 1.12 bits per heavy atom. The minimum Gasteiger partial charge on any atom is -0.445 e. The van der Waals surface area contributed by atoms with Crippen molar-refractivity contribution in [2.45, 2.75) is 32.7 Å². The van der Waals surface area contributed by atoms with Gasteiger partial charge in [-0.1, -0.05) is 23.5 Å². The molecule has 9 heteroatoms. The lowest BCUT2D eigenvalue weighted by molar-refractivity contribution is 0.491. The van der Waals surface area contributed by atoms with Crippen LogP contribution >= 0.6 is 11.3 Å². The zero-order valence-electron chi connectivity index (χ0n) is 17.8. The van der Waals surface area contributed by atoms with Crippen LogP contribution < -0.4 is 10.4 Å². The lowest BCUT2D eigenvalue weighted by atomic mass is 10.2. The van der Waals surface area contributed by atoms with E-state index in [1.165, 1.54) is 34.0 Å². The summed E-state index contributed by atoms with van der Waals surface area (Å²) in [6.07, 6.45) is 6.80. The first-order chi connectivity index (χ1) is 16.0. The number of aryl methyl sites for hydroxylation is 1. The maximum Gasteiger partial charge on any atom is 0.350 e. The molecule has 2 aromatic heterocycles. The Hall–Kier alpha value is -3.59. The number of allylic oxidation sites excluding steroid dienone is 2. The number of hydrogen-bond donors (Lipinski definition) is 0. The molecule has 4 aromatic rings. The van der Waals surface area contributed by atoms with Crippen molar-refractivity contribution in [2.75, 3.05) is 0 Å². The molecule has 0 saturated heterocycles. The molecule has 2 aromatic carbocycles. The first-order valence-electron chi connectivity index (χ1n) is 10.5. The number of benzene rings is 2. The van der Waals surface area contributed by atoms with Crippen molar-refractivity contribution >= 4 is 16.9 Å². The molecule has 6 nitrogen and oxygen atoms in total. The van der Waals surface area contributed by atoms with E-state index in [1.807, 2.05) is 6.92 Å². The van der Waals surface area contributed by atoms with E-state index in [9.17, 15) is 13.6 Å². The second-order valence-electron chi connectivity index (χ2n) is 7.76. The summed E-state index contributed by atoms with van der Waals surface area (Å²) in [4.78, 5) is 17.3. The molecule has 0 aliphatic heterocycles. The van der Waals surface area contributed by atoms with Crippen molar-refractivity contribution in [1.82, 2.24) is 19.3 Å². The Kier molecular flexibility index (Phi) is 5.63. The zero-order chi connectivity index (χ0) is 22.9. The van der Waals surface area contributed by atoms with Crippen molar-refractivity contribution in [3.63, 3.8) is 0 Å². The highest BCUT2D eigenvalue weighted by Crippen LogP contribution is 2.37. The first kappa shape index (κ1) is 21.3. The fourth-order valence-electron chi connectivity index (χ4n) is 3.72. The van der Waals surface area contributed by atoms with Crippen LogP contribution in [-0.2, 0) is 6.54 Å². The molecule has 0 unspecified atom stereocenters. The van der Waals surface area contributed by atoms with Gasteiger partial charge in [-0.25, -0.2) is 18.6 Å². The standard InChI is InChI=1S/C24H20F2N4O2S/c1-15-23(33-22(28-15)16-5-2-3-6-16)32-18-11-9-17(10-12-18)30-24(31)29(14-27-30)13-19-20(25)7-4-8-21(19)26/h4-5,7-12,14H,2-3,6,13H2,1H3. The molecular weight excluding hydrogens is 446 g/mol. The van der Waals surface area contributed by atoms with Crippen molar-refractivity contribution in [2.24, 2.45) is 0 Å². The topological polar surface area (TPSA) is 61.9 Å². The van der Waals surface area contributed by atoms with Crippen molar-refractivity contribution in [1.29, 1.82) is 0 Å². The fourth-order valence-corrected chi connectivity index (χ4v) is 4.72. The molecule has 168 valence electrons. The highest BCUT2D eigenvalue weighted by atomic mass is 32.1. The summed E-state index contributed by atoms with van der Waals surface area (Å²) in [5.74, 6) is -0.804. The minimum atomic E-state index is -0.707. The molecule has 0 amide bonds. The lowest BCUT2D eigenvalue weighted by Crippen LogP contribution is -2.24. The molecule has 5 rings (SSSR count). The number of ether oxygens (including phenoxy) is 1. The molecule has 0 spiro atoms. The van der Waals surface area contributed by atoms with Gasteiger partial charge in [0.15, 0.2) is 0 Å². The monoisotopic (exact) mass is 466 g/mol. The molecule has 0 bridgehead atoms. The van der Waals surface area contributed by atoms with Gasteiger partial charge in [0, 0.05) is 5.56 Å². The summed E-state index contributed by atoms with van der Waals surface area (Å²) < 4.78 is 36.2. The van der Waals surface area contributed by atoms with E-state index in [0.717, 1.165) is 51.7 Å². The third-order valence-electron chi connectivity index (χ3n) is 5.49. The van der Waals surface area contributed by atoms with Gasteiger partial charge in [0.1, 0.15) is 28.7 Å². The number of halogens is 2. The SMILES string of the molecule is Cc1nc(C2=CCCC2)sc1Oc1ccc(-n2ncn(Cc3c(F)cccc3F)c2=O)cc1. The molecule has 33 heavy (non-hydrogen) atoms. The van der Waals surface area contributed by atoms with Gasteiger partial charge in [-0.3, -0.25) is 4.57 Å². The Balaban J connectivity index is 1.34. The average molecular weight is 467 g/mol. The molecule has 0 atom stereocenters. The normalized spacial score (nSPS) is 13.4. The summed E-state index contributed by atoms with van der Waals surface area (Å²) in [6.45, 7) is 1.67. The third-order valence-corrected chi connectivity index (χ3v) is 6.60. The third kappa shape index (κ3) is 4.23. The van der Waals surface area contributed by atoms with Gasteiger partial charge in [0.05, 0.1) is 17.9 Å². The summed E-state index contributed by atoms with van der Waals surface area (Å²) >= 11 is 1.53. The molecule has 1 aliphatic carbocycles. The highest BCUT2D eigenvalue weighted by molar-refractivity contribution is 7.14. The van der Waals surface area contributed by atoms with Crippen LogP contribution in [0.25, 0.3) is 11.3 Å². The molecule has 0 radical (unpaired) electrons. The van der Waals surface area contributed by atoms with Crippen molar-refractivity contribution < 1.29 is 13.5 Å². The molecule has 0 fully saturated rings. The summed E-state index contributed by atoms with van der Waals surface area (Å²) in [6, 6.07) is 10.5. The smallest absolute Gasteiger partial charge is 0.350 e. The number of hydrogen-bond acceptors (Lipinski definition) is 5. The molecular formula is C24H20F2N4O2S. The van der Waals surface area contributed by atoms with Crippen LogP contribution in [0, 0.1) is 18.6 Å². The van der Waals surface area contributed by atoms with Crippen LogP contribution in [0.1, 0.15) is 35.5 Å². The van der Waals surface area contributed by atoms with Gasteiger partial charge >= 0.3 is 5.69 Å². The maximum absolute atomic E-state index is 13.9. The summed E-state index contributed by atoms with van der Waals surface area (Å²) in [7, 11) is 0. The second-order valence-corrected chi connectivity index (χ2v) is 8.72. The van der Waals surface area contributed by atoms with Gasteiger partial charge in [0.2, 0.25) is 5.06 Å². The van der Waals surface area contributed by atoms with E-state index in [1.54, 1.807) is 24.3 Å². The molecule has 2 heterocycles. The fraction of sp³-hybridized carbons (Fsp3) is 0.208. The zero-order valence-corrected chi connectivity index (χ0v) is 18.6. The number of rotatable bonds is 6. The summed E-state index contributed by atoms with van der Waals surface area (Å²) in [5, 5.41) is 5.82. The largest absolute Gasteiger partial charge is 0.445 e. The predicted octanol–water partition coefficient (Wildman–Crippen LogP) is 5.49. The van der Waals surface area contributed by atoms with E-state index >= 15 is 0 Å². The first-order valence-corrected chi connectivity index (χ1v) is 11.3. The number of thiazole rings is 1. The average Bonchev–Trinajstić information content (AvgIpc) is 3.54. The highest BCUT2D eigenvalue weighted by Gasteiger charge is 2.16. The van der Waals surface area contributed by atoms with Crippen LogP contribution in [0.2, 0.25) is 0 Å². The van der Waals surface area contributed by atoms with Gasteiger partial charge in [-0.2, -0.15) is 9.78 Å². The molecule has 0 N–H and O–H groups in total. The van der Waals surface area contributed by atoms with E-state index in [0.29, 0.717) is 11.4 Å². The molecule has 0 saturated carbocycles. The van der Waals surface area contributed by atoms with Crippen LogP contribution in [0.4, 0.5) is 8.78 Å². The van der Waals surface area contributed by atoms with Crippen LogP contribution in [0.5, 0.6) is 10.8 Å². The Labute approximate surface area is 192 Å². The van der Waals surface area contributed by atoms with Crippen LogP contribution in [0.3, 0.4) is 0 Å².